The van der Waals surface area contributed by atoms with Gasteiger partial charge >= 0.3 is 0 Å². The fourth-order valence-corrected chi connectivity index (χ4v) is 2.25. The topological polar surface area (TPSA) is 20.3 Å². The highest BCUT2D eigenvalue weighted by molar-refractivity contribution is 14.1. The molecular formula is C11H13BrINO. The molecule has 0 aromatic heterocycles. The third kappa shape index (κ3) is 3.17. The van der Waals surface area contributed by atoms with Gasteiger partial charge in [0, 0.05) is 21.1 Å². The zero-order chi connectivity index (χ0) is 11.4. The van der Waals surface area contributed by atoms with Crippen molar-refractivity contribution < 1.29 is 4.79 Å². The maximum Gasteiger partial charge on any atom is 0.255 e. The van der Waals surface area contributed by atoms with Crippen LogP contribution in [0.2, 0.25) is 0 Å². The van der Waals surface area contributed by atoms with E-state index in [1.54, 1.807) is 0 Å². The number of rotatable bonds is 3. The van der Waals surface area contributed by atoms with Crippen LogP contribution in [-0.2, 0) is 0 Å². The molecule has 0 bridgehead atoms. The number of hydrogen-bond acceptors (Lipinski definition) is 1. The van der Waals surface area contributed by atoms with E-state index in [4.69, 9.17) is 0 Å². The molecule has 0 spiro atoms. The van der Waals surface area contributed by atoms with Crippen molar-refractivity contribution in [2.45, 2.75) is 13.8 Å². The molecule has 1 rings (SSSR count). The fraction of sp³-hybridized carbons (Fsp3) is 0.364. The van der Waals surface area contributed by atoms with Crippen LogP contribution in [0.4, 0.5) is 0 Å². The van der Waals surface area contributed by atoms with Crippen LogP contribution in [0.3, 0.4) is 0 Å². The largest absolute Gasteiger partial charge is 0.339 e. The summed E-state index contributed by atoms with van der Waals surface area (Å²) in [5.74, 6) is 0.0883. The average molecular weight is 382 g/mol. The van der Waals surface area contributed by atoms with Gasteiger partial charge in [-0.1, -0.05) is 0 Å². The summed E-state index contributed by atoms with van der Waals surface area (Å²) in [5.41, 5.74) is 0.741. The van der Waals surface area contributed by atoms with Crippen molar-refractivity contribution in [2.24, 2.45) is 0 Å². The Labute approximate surface area is 112 Å². The van der Waals surface area contributed by atoms with Gasteiger partial charge in [-0.15, -0.1) is 0 Å². The first kappa shape index (κ1) is 13.0. The maximum absolute atomic E-state index is 12.1. The third-order valence-corrected chi connectivity index (χ3v) is 3.57. The smallest absolute Gasteiger partial charge is 0.255 e. The number of nitrogens with zero attached hydrogens (tertiary/aromatic N) is 1. The van der Waals surface area contributed by atoms with E-state index in [9.17, 15) is 4.79 Å². The number of carbonyl (C=O) groups is 1. The highest BCUT2D eigenvalue weighted by atomic mass is 127. The van der Waals surface area contributed by atoms with E-state index in [0.717, 1.165) is 26.7 Å². The summed E-state index contributed by atoms with van der Waals surface area (Å²) >= 11 is 5.62. The molecular weight excluding hydrogens is 369 g/mol. The van der Waals surface area contributed by atoms with Crippen LogP contribution in [0, 0.1) is 3.57 Å². The Morgan fingerprint density at radius 3 is 2.53 bits per heavy atom. The predicted octanol–water partition coefficient (Wildman–Crippen LogP) is 3.54. The number of halogens is 2. The lowest BCUT2D eigenvalue weighted by Crippen LogP contribution is -2.30. The zero-order valence-electron chi connectivity index (χ0n) is 8.76. The summed E-state index contributed by atoms with van der Waals surface area (Å²) in [6, 6.07) is 5.80. The molecule has 0 saturated heterocycles. The van der Waals surface area contributed by atoms with E-state index in [1.165, 1.54) is 0 Å². The number of amides is 1. The van der Waals surface area contributed by atoms with Gasteiger partial charge in [0.1, 0.15) is 0 Å². The number of carbonyl (C=O) groups excluding carboxylic acids is 1. The Kier molecular flexibility index (Phi) is 5.05. The van der Waals surface area contributed by atoms with Gasteiger partial charge in [0.05, 0.1) is 5.56 Å². The molecule has 82 valence electrons. The third-order valence-electron chi connectivity index (χ3n) is 2.21. The molecule has 0 atom stereocenters. The molecule has 1 amide bonds. The van der Waals surface area contributed by atoms with Crippen LogP contribution in [0.25, 0.3) is 0 Å². The average Bonchev–Trinajstić information content (AvgIpc) is 2.23. The maximum atomic E-state index is 12.1. The summed E-state index contributed by atoms with van der Waals surface area (Å²) in [4.78, 5) is 13.9. The van der Waals surface area contributed by atoms with Gasteiger partial charge in [0.25, 0.3) is 5.91 Å². The minimum Gasteiger partial charge on any atom is -0.339 e. The minimum atomic E-state index is 0.0883. The molecule has 1 aromatic carbocycles. The predicted molar refractivity (Wildman–Crippen MR) is 74.1 cm³/mol. The van der Waals surface area contributed by atoms with Crippen LogP contribution in [0.1, 0.15) is 24.2 Å². The van der Waals surface area contributed by atoms with Crippen molar-refractivity contribution in [1.82, 2.24) is 4.90 Å². The molecule has 0 radical (unpaired) electrons. The Hall–Kier alpha value is -0.100. The Morgan fingerprint density at radius 2 is 2.00 bits per heavy atom. The summed E-state index contributed by atoms with van der Waals surface area (Å²) in [6.45, 7) is 5.47. The van der Waals surface area contributed by atoms with Gasteiger partial charge in [-0.2, -0.15) is 0 Å². The molecule has 0 fully saturated rings. The van der Waals surface area contributed by atoms with Crippen molar-refractivity contribution in [3.63, 3.8) is 0 Å². The molecule has 4 heteroatoms. The van der Waals surface area contributed by atoms with E-state index in [-0.39, 0.29) is 5.91 Å². The molecule has 0 heterocycles. The molecule has 0 saturated carbocycles. The fourth-order valence-electron chi connectivity index (χ4n) is 1.34. The minimum absolute atomic E-state index is 0.0883. The lowest BCUT2D eigenvalue weighted by molar-refractivity contribution is 0.0772. The van der Waals surface area contributed by atoms with Crippen LogP contribution in [-0.4, -0.2) is 23.9 Å². The van der Waals surface area contributed by atoms with Crippen molar-refractivity contribution in [3.8, 4) is 0 Å². The van der Waals surface area contributed by atoms with Gasteiger partial charge < -0.3 is 4.90 Å². The van der Waals surface area contributed by atoms with Crippen LogP contribution >= 0.6 is 38.5 Å². The van der Waals surface area contributed by atoms with Gasteiger partial charge in [0.2, 0.25) is 0 Å². The Balaban J connectivity index is 3.04. The summed E-state index contributed by atoms with van der Waals surface area (Å²) in [6.07, 6.45) is 0. The second kappa shape index (κ2) is 5.84. The SMILES string of the molecule is CCN(CC)C(=O)c1cc(I)ccc1Br. The second-order valence-corrected chi connectivity index (χ2v) is 5.20. The first-order chi connectivity index (χ1) is 7.10. The lowest BCUT2D eigenvalue weighted by Gasteiger charge is -2.19. The molecule has 2 nitrogen and oxygen atoms in total. The van der Waals surface area contributed by atoms with Gasteiger partial charge in [-0.25, -0.2) is 0 Å². The molecule has 1 aromatic rings. The molecule has 0 aliphatic carbocycles. The molecule has 15 heavy (non-hydrogen) atoms. The molecule has 0 N–H and O–H groups in total. The Morgan fingerprint density at radius 1 is 1.40 bits per heavy atom. The van der Waals surface area contributed by atoms with E-state index in [2.05, 4.69) is 38.5 Å². The number of hydrogen-bond donors (Lipinski definition) is 0. The molecule has 0 unspecified atom stereocenters. The molecule has 0 aliphatic rings. The standard InChI is InChI=1S/C11H13BrINO/c1-3-14(4-2)11(15)9-7-8(13)5-6-10(9)12/h5-7H,3-4H2,1-2H3. The van der Waals surface area contributed by atoms with Crippen LogP contribution in [0.5, 0.6) is 0 Å². The first-order valence-electron chi connectivity index (χ1n) is 4.84. The van der Waals surface area contributed by atoms with Crippen molar-refractivity contribution in [3.05, 3.63) is 31.8 Å². The van der Waals surface area contributed by atoms with Crippen LogP contribution in [0.15, 0.2) is 22.7 Å². The summed E-state index contributed by atoms with van der Waals surface area (Å²) < 4.78 is 1.94. The number of benzene rings is 1. The summed E-state index contributed by atoms with van der Waals surface area (Å²) in [7, 11) is 0. The van der Waals surface area contributed by atoms with Gasteiger partial charge in [-0.05, 0) is 70.6 Å². The Bertz CT molecular complexity index is 364. The van der Waals surface area contributed by atoms with Crippen molar-refractivity contribution in [2.75, 3.05) is 13.1 Å². The summed E-state index contributed by atoms with van der Waals surface area (Å²) in [5, 5.41) is 0. The van der Waals surface area contributed by atoms with Crippen LogP contribution < -0.4 is 0 Å². The van der Waals surface area contributed by atoms with Gasteiger partial charge in [0.15, 0.2) is 0 Å². The normalized spacial score (nSPS) is 10.1. The molecule has 0 aliphatic heterocycles. The van der Waals surface area contributed by atoms with Gasteiger partial charge in [-0.3, -0.25) is 4.79 Å². The highest BCUT2D eigenvalue weighted by Gasteiger charge is 2.15. The van der Waals surface area contributed by atoms with E-state index < -0.39 is 0 Å². The quantitative estimate of drug-likeness (QED) is 0.733. The van der Waals surface area contributed by atoms with E-state index >= 15 is 0 Å². The lowest BCUT2D eigenvalue weighted by atomic mass is 10.2. The van der Waals surface area contributed by atoms with E-state index in [1.807, 2.05) is 36.9 Å². The van der Waals surface area contributed by atoms with E-state index in [0.29, 0.717) is 0 Å². The van der Waals surface area contributed by atoms with Crippen molar-refractivity contribution >= 4 is 44.4 Å². The zero-order valence-corrected chi connectivity index (χ0v) is 12.5. The highest BCUT2D eigenvalue weighted by Crippen LogP contribution is 2.21. The second-order valence-electron chi connectivity index (χ2n) is 3.10. The van der Waals surface area contributed by atoms with Crippen molar-refractivity contribution in [1.29, 1.82) is 0 Å². The first-order valence-corrected chi connectivity index (χ1v) is 6.71. The monoisotopic (exact) mass is 381 g/mol.